The van der Waals surface area contributed by atoms with E-state index in [-0.39, 0.29) is 27.8 Å². The number of amides is 2. The van der Waals surface area contributed by atoms with Crippen molar-refractivity contribution in [1.82, 2.24) is 4.90 Å². The lowest BCUT2D eigenvalue weighted by atomic mass is 10.1. The fraction of sp³-hybridized carbons (Fsp3) is 0.0417. The molecule has 0 unspecified atom stereocenters. The predicted octanol–water partition coefficient (Wildman–Crippen LogP) is 7.35. The molecule has 0 atom stereocenters. The maximum atomic E-state index is 13.3. The average Bonchev–Trinajstić information content (AvgIpc) is 3.04. The Labute approximate surface area is 216 Å². The van der Waals surface area contributed by atoms with Crippen molar-refractivity contribution in [3.05, 3.63) is 103 Å². The van der Waals surface area contributed by atoms with E-state index >= 15 is 0 Å². The van der Waals surface area contributed by atoms with Crippen LogP contribution in [0.15, 0.2) is 70.0 Å². The highest BCUT2D eigenvalue weighted by atomic mass is 79.9. The summed E-state index contributed by atoms with van der Waals surface area (Å²) in [5.41, 5.74) is 1.11. The van der Waals surface area contributed by atoms with Crippen LogP contribution in [0.4, 0.5) is 9.18 Å². The van der Waals surface area contributed by atoms with Crippen LogP contribution in [0, 0.1) is 5.82 Å². The van der Waals surface area contributed by atoms with Crippen molar-refractivity contribution >= 4 is 74.1 Å². The lowest BCUT2D eigenvalue weighted by Crippen LogP contribution is -2.27. The second-order valence-electron chi connectivity index (χ2n) is 7.09. The van der Waals surface area contributed by atoms with E-state index in [2.05, 4.69) is 15.9 Å². The normalized spacial score (nSPS) is 14.7. The van der Waals surface area contributed by atoms with Crippen LogP contribution in [0.5, 0.6) is 5.75 Å². The van der Waals surface area contributed by atoms with E-state index in [9.17, 15) is 18.8 Å². The van der Waals surface area contributed by atoms with Gasteiger partial charge < -0.3 is 4.74 Å². The molecule has 2 amide bonds. The molecule has 0 aliphatic carbocycles. The average molecular weight is 581 g/mol. The number of thioether (sulfide) groups is 1. The van der Waals surface area contributed by atoms with E-state index < -0.39 is 22.9 Å². The third kappa shape index (κ3) is 5.52. The van der Waals surface area contributed by atoms with Crippen LogP contribution in [0.25, 0.3) is 6.08 Å². The summed E-state index contributed by atoms with van der Waals surface area (Å²) in [5, 5.41) is 0.00903. The molecule has 34 heavy (non-hydrogen) atoms. The standard InChI is InChI=1S/C24H13BrCl2FNO4S/c25-16-5-7-20(33-23(31)13-2-1-3-17(26)9-13)15(8-16)10-21-22(30)29(24(32)34-21)12-14-4-6-18(28)11-19(14)27/h1-11H,12H2/b21-10-. The minimum Gasteiger partial charge on any atom is -0.422 e. The summed E-state index contributed by atoms with van der Waals surface area (Å²) in [6.45, 7) is -0.101. The summed E-state index contributed by atoms with van der Waals surface area (Å²) in [5.74, 6) is -1.49. The molecule has 0 spiro atoms. The molecule has 3 aromatic carbocycles. The van der Waals surface area contributed by atoms with Crippen molar-refractivity contribution in [3.63, 3.8) is 0 Å². The van der Waals surface area contributed by atoms with E-state index in [1.807, 2.05) is 0 Å². The predicted molar refractivity (Wildman–Crippen MR) is 133 cm³/mol. The molecule has 0 bridgehead atoms. The lowest BCUT2D eigenvalue weighted by Gasteiger charge is -2.13. The summed E-state index contributed by atoms with van der Waals surface area (Å²) in [7, 11) is 0. The summed E-state index contributed by atoms with van der Waals surface area (Å²) >= 11 is 16.1. The van der Waals surface area contributed by atoms with E-state index in [1.165, 1.54) is 24.3 Å². The Morgan fingerprint density at radius 2 is 1.88 bits per heavy atom. The molecule has 10 heteroatoms. The van der Waals surface area contributed by atoms with Crippen molar-refractivity contribution in [1.29, 1.82) is 0 Å². The van der Waals surface area contributed by atoms with Gasteiger partial charge in [-0.1, -0.05) is 51.3 Å². The quantitative estimate of drug-likeness (QED) is 0.179. The van der Waals surface area contributed by atoms with Gasteiger partial charge in [0.1, 0.15) is 11.6 Å². The molecular weight excluding hydrogens is 568 g/mol. The molecule has 5 nitrogen and oxygen atoms in total. The van der Waals surface area contributed by atoms with Gasteiger partial charge in [0.25, 0.3) is 11.1 Å². The minimum absolute atomic E-state index is 0.101. The Balaban J connectivity index is 1.60. The molecule has 1 heterocycles. The number of nitrogens with zero attached hydrogens (tertiary/aromatic N) is 1. The first-order chi connectivity index (χ1) is 16.2. The van der Waals surface area contributed by atoms with Gasteiger partial charge in [-0.05, 0) is 71.9 Å². The number of hydrogen-bond acceptors (Lipinski definition) is 5. The molecule has 0 saturated carbocycles. The summed E-state index contributed by atoms with van der Waals surface area (Å²) in [6, 6.07) is 15.0. The molecule has 172 valence electrons. The second-order valence-corrected chi connectivity index (χ2v) is 9.84. The fourth-order valence-electron chi connectivity index (χ4n) is 3.10. The van der Waals surface area contributed by atoms with Gasteiger partial charge in [0.05, 0.1) is 17.0 Å². The molecule has 1 saturated heterocycles. The van der Waals surface area contributed by atoms with Crippen molar-refractivity contribution in [2.75, 3.05) is 0 Å². The van der Waals surface area contributed by atoms with Gasteiger partial charge in [-0.15, -0.1) is 0 Å². The van der Waals surface area contributed by atoms with Gasteiger partial charge in [-0.2, -0.15) is 0 Å². The molecular formula is C24H13BrCl2FNO4S. The molecule has 1 fully saturated rings. The molecule has 4 rings (SSSR count). The van der Waals surface area contributed by atoms with Crippen molar-refractivity contribution in [2.24, 2.45) is 0 Å². The first-order valence-corrected chi connectivity index (χ1v) is 12.0. The zero-order valence-corrected chi connectivity index (χ0v) is 21.0. The minimum atomic E-state index is -0.626. The van der Waals surface area contributed by atoms with E-state index in [0.717, 1.165) is 22.7 Å². The van der Waals surface area contributed by atoms with Crippen LogP contribution in [0.1, 0.15) is 21.5 Å². The van der Waals surface area contributed by atoms with Gasteiger partial charge >= 0.3 is 5.97 Å². The maximum absolute atomic E-state index is 13.3. The number of halogens is 4. The van der Waals surface area contributed by atoms with Crippen LogP contribution in [0.2, 0.25) is 10.0 Å². The Hall–Kier alpha value is -2.65. The smallest absolute Gasteiger partial charge is 0.343 e. The number of imide groups is 1. The van der Waals surface area contributed by atoms with Gasteiger partial charge in [0.2, 0.25) is 0 Å². The summed E-state index contributed by atoms with van der Waals surface area (Å²) in [4.78, 5) is 39.2. The molecule has 1 aliphatic heterocycles. The zero-order valence-electron chi connectivity index (χ0n) is 17.1. The molecule has 0 aromatic heterocycles. The van der Waals surface area contributed by atoms with E-state index in [4.69, 9.17) is 27.9 Å². The van der Waals surface area contributed by atoms with E-state index in [1.54, 1.807) is 36.4 Å². The van der Waals surface area contributed by atoms with Crippen molar-refractivity contribution < 1.29 is 23.5 Å². The largest absolute Gasteiger partial charge is 0.422 e. The topological polar surface area (TPSA) is 63.7 Å². The van der Waals surface area contributed by atoms with Gasteiger partial charge in [0.15, 0.2) is 0 Å². The monoisotopic (exact) mass is 579 g/mol. The first-order valence-electron chi connectivity index (χ1n) is 9.68. The Kier molecular flexibility index (Phi) is 7.42. The summed E-state index contributed by atoms with van der Waals surface area (Å²) in [6.07, 6.45) is 1.47. The third-order valence-electron chi connectivity index (χ3n) is 4.74. The highest BCUT2D eigenvalue weighted by Gasteiger charge is 2.35. The number of ether oxygens (including phenoxy) is 1. The molecule has 3 aromatic rings. The number of esters is 1. The highest BCUT2D eigenvalue weighted by molar-refractivity contribution is 9.10. The van der Waals surface area contributed by atoms with Gasteiger partial charge in [0, 0.05) is 20.1 Å². The van der Waals surface area contributed by atoms with Gasteiger partial charge in [-0.3, -0.25) is 14.5 Å². The van der Waals surface area contributed by atoms with Crippen LogP contribution < -0.4 is 4.74 Å². The number of hydrogen-bond donors (Lipinski definition) is 0. The Morgan fingerprint density at radius 1 is 1.09 bits per heavy atom. The molecule has 0 radical (unpaired) electrons. The van der Waals surface area contributed by atoms with Crippen LogP contribution in [-0.4, -0.2) is 22.0 Å². The first kappa shape index (κ1) is 24.5. The zero-order chi connectivity index (χ0) is 24.4. The lowest BCUT2D eigenvalue weighted by molar-refractivity contribution is -0.123. The number of rotatable bonds is 5. The van der Waals surface area contributed by atoms with Crippen LogP contribution in [-0.2, 0) is 11.3 Å². The summed E-state index contributed by atoms with van der Waals surface area (Å²) < 4.78 is 19.5. The second kappa shape index (κ2) is 10.3. The number of carbonyl (C=O) groups excluding carboxylic acids is 3. The SMILES string of the molecule is O=C(Oc1ccc(Br)cc1/C=C1\SC(=O)N(Cc2ccc(F)cc2Cl)C1=O)c1cccc(Cl)c1. The maximum Gasteiger partial charge on any atom is 0.343 e. The number of carbonyl (C=O) groups is 3. The van der Waals surface area contributed by atoms with Crippen LogP contribution >= 0.6 is 50.9 Å². The highest BCUT2D eigenvalue weighted by Crippen LogP contribution is 2.36. The molecule has 1 aliphatic rings. The third-order valence-corrected chi connectivity index (χ3v) is 6.73. The van der Waals surface area contributed by atoms with Gasteiger partial charge in [-0.25, -0.2) is 9.18 Å². The van der Waals surface area contributed by atoms with Crippen LogP contribution in [0.3, 0.4) is 0 Å². The van der Waals surface area contributed by atoms with Crippen molar-refractivity contribution in [2.45, 2.75) is 6.54 Å². The van der Waals surface area contributed by atoms with Crippen molar-refractivity contribution in [3.8, 4) is 5.75 Å². The van der Waals surface area contributed by atoms with E-state index in [0.29, 0.717) is 20.6 Å². The Morgan fingerprint density at radius 3 is 2.62 bits per heavy atom. The Bertz CT molecular complexity index is 1360. The number of benzene rings is 3. The molecule has 0 N–H and O–H groups in total. The fourth-order valence-corrected chi connectivity index (χ4v) is 4.72.